The van der Waals surface area contributed by atoms with Crippen LogP contribution >= 0.6 is 0 Å². The third kappa shape index (κ3) is 2.63. The van der Waals surface area contributed by atoms with E-state index in [-0.39, 0.29) is 0 Å². The Balaban J connectivity index is 2.98. The van der Waals surface area contributed by atoms with Gasteiger partial charge in [-0.15, -0.1) is 0 Å². The molecule has 0 saturated heterocycles. The van der Waals surface area contributed by atoms with E-state index >= 15 is 0 Å². The van der Waals surface area contributed by atoms with Crippen LogP contribution in [-0.4, -0.2) is 18.2 Å². The highest BCUT2D eigenvalue weighted by molar-refractivity contribution is 5.88. The van der Waals surface area contributed by atoms with Crippen LogP contribution in [-0.2, 0) is 9.53 Å². The average molecular weight is 178 g/mol. The summed E-state index contributed by atoms with van der Waals surface area (Å²) in [6, 6.07) is 9.09. The van der Waals surface area contributed by atoms with E-state index in [9.17, 15) is 4.79 Å². The van der Waals surface area contributed by atoms with Gasteiger partial charge in [-0.3, -0.25) is 0 Å². The molecule has 0 amide bonds. The fourth-order valence-electron chi connectivity index (χ4n) is 0.975. The summed E-state index contributed by atoms with van der Waals surface area (Å²) in [7, 11) is 1.45. The maximum absolute atomic E-state index is 10.4. The van der Waals surface area contributed by atoms with E-state index in [4.69, 9.17) is 9.84 Å². The van der Waals surface area contributed by atoms with Gasteiger partial charge in [0.15, 0.2) is 0 Å². The number of aliphatic carboxylic acids is 1. The lowest BCUT2D eigenvalue weighted by Crippen LogP contribution is -1.94. The zero-order chi connectivity index (χ0) is 9.68. The summed E-state index contributed by atoms with van der Waals surface area (Å²) in [5, 5.41) is 8.52. The van der Waals surface area contributed by atoms with Gasteiger partial charge in [-0.2, -0.15) is 0 Å². The van der Waals surface area contributed by atoms with Gasteiger partial charge in [0, 0.05) is 5.56 Å². The normalized spacial score (nSPS) is 11.0. The van der Waals surface area contributed by atoms with Crippen LogP contribution in [0.1, 0.15) is 5.56 Å². The van der Waals surface area contributed by atoms with Crippen molar-refractivity contribution in [1.82, 2.24) is 0 Å². The van der Waals surface area contributed by atoms with Crippen LogP contribution in [0.5, 0.6) is 0 Å². The van der Waals surface area contributed by atoms with E-state index in [0.29, 0.717) is 5.76 Å². The number of benzene rings is 1. The SMILES string of the molecule is COC(=CC(=O)O)c1ccccc1. The first-order valence-corrected chi connectivity index (χ1v) is 3.78. The largest absolute Gasteiger partial charge is 0.496 e. The van der Waals surface area contributed by atoms with E-state index < -0.39 is 5.97 Å². The number of hydrogen-bond acceptors (Lipinski definition) is 2. The van der Waals surface area contributed by atoms with Gasteiger partial charge >= 0.3 is 5.97 Å². The van der Waals surface area contributed by atoms with Crippen molar-refractivity contribution in [2.75, 3.05) is 7.11 Å². The molecule has 0 aliphatic heterocycles. The second kappa shape index (κ2) is 4.30. The fourth-order valence-corrected chi connectivity index (χ4v) is 0.975. The summed E-state index contributed by atoms with van der Waals surface area (Å²) in [6.07, 6.45) is 1.04. The molecule has 0 radical (unpaired) electrons. The van der Waals surface area contributed by atoms with E-state index in [1.54, 1.807) is 12.1 Å². The highest BCUT2D eigenvalue weighted by atomic mass is 16.5. The number of ether oxygens (including phenoxy) is 1. The van der Waals surface area contributed by atoms with Crippen LogP contribution in [0.3, 0.4) is 0 Å². The topological polar surface area (TPSA) is 46.5 Å². The molecular formula is C10H10O3. The number of hydrogen-bond donors (Lipinski definition) is 1. The van der Waals surface area contributed by atoms with Crippen molar-refractivity contribution in [1.29, 1.82) is 0 Å². The maximum Gasteiger partial charge on any atom is 0.332 e. The van der Waals surface area contributed by atoms with Crippen molar-refractivity contribution in [3.8, 4) is 0 Å². The van der Waals surface area contributed by atoms with Crippen LogP contribution in [0.2, 0.25) is 0 Å². The Kier molecular flexibility index (Phi) is 3.09. The van der Waals surface area contributed by atoms with Crippen LogP contribution in [0.4, 0.5) is 0 Å². The van der Waals surface area contributed by atoms with Crippen LogP contribution in [0.15, 0.2) is 36.4 Å². The van der Waals surface area contributed by atoms with Gasteiger partial charge in [0.05, 0.1) is 13.2 Å². The quantitative estimate of drug-likeness (QED) is 0.566. The Hall–Kier alpha value is -1.77. The molecule has 0 unspecified atom stereocenters. The van der Waals surface area contributed by atoms with Crippen LogP contribution in [0, 0.1) is 0 Å². The van der Waals surface area contributed by atoms with Crippen LogP contribution < -0.4 is 0 Å². The molecule has 0 fully saturated rings. The molecule has 1 aromatic carbocycles. The minimum absolute atomic E-state index is 0.355. The number of carboxylic acids is 1. The summed E-state index contributed by atoms with van der Waals surface area (Å²) in [4.78, 5) is 10.4. The average Bonchev–Trinajstić information content (AvgIpc) is 2.15. The molecule has 1 rings (SSSR count). The molecule has 3 heteroatoms. The molecule has 0 heterocycles. The van der Waals surface area contributed by atoms with Crippen molar-refractivity contribution in [3.05, 3.63) is 42.0 Å². The fraction of sp³-hybridized carbons (Fsp3) is 0.100. The van der Waals surface area contributed by atoms with Gasteiger partial charge in [0.1, 0.15) is 5.76 Å². The minimum atomic E-state index is -1.01. The van der Waals surface area contributed by atoms with Gasteiger partial charge in [-0.05, 0) is 0 Å². The molecule has 68 valence electrons. The summed E-state index contributed by atoms with van der Waals surface area (Å²) < 4.78 is 4.93. The Morgan fingerprint density at radius 3 is 2.46 bits per heavy atom. The van der Waals surface area contributed by atoms with E-state index in [1.807, 2.05) is 18.2 Å². The summed E-state index contributed by atoms with van der Waals surface area (Å²) in [5.41, 5.74) is 0.757. The molecule has 13 heavy (non-hydrogen) atoms. The van der Waals surface area contributed by atoms with Gasteiger partial charge in [0.2, 0.25) is 0 Å². The van der Waals surface area contributed by atoms with Crippen molar-refractivity contribution >= 4 is 11.7 Å². The lowest BCUT2D eigenvalue weighted by Gasteiger charge is -2.03. The minimum Gasteiger partial charge on any atom is -0.496 e. The van der Waals surface area contributed by atoms with Crippen molar-refractivity contribution in [3.63, 3.8) is 0 Å². The molecule has 0 aliphatic rings. The standard InChI is InChI=1S/C10H10O3/c1-13-9(7-10(11)12)8-5-3-2-4-6-8/h2-7H,1H3,(H,11,12). The third-order valence-corrected chi connectivity index (χ3v) is 1.53. The molecule has 0 bridgehead atoms. The highest BCUT2D eigenvalue weighted by Crippen LogP contribution is 2.13. The van der Waals surface area contributed by atoms with Crippen molar-refractivity contribution < 1.29 is 14.6 Å². The molecule has 0 aromatic heterocycles. The predicted molar refractivity (Wildman–Crippen MR) is 49.1 cm³/mol. The first kappa shape index (κ1) is 9.32. The van der Waals surface area contributed by atoms with Crippen molar-refractivity contribution in [2.45, 2.75) is 0 Å². The summed E-state index contributed by atoms with van der Waals surface area (Å²) in [5.74, 6) is -0.659. The predicted octanol–water partition coefficient (Wildman–Crippen LogP) is 1.76. The first-order valence-electron chi connectivity index (χ1n) is 3.78. The number of carboxylic acid groups (broad SMARTS) is 1. The molecule has 0 aliphatic carbocycles. The molecule has 0 spiro atoms. The molecule has 0 atom stereocenters. The Labute approximate surface area is 76.3 Å². The molecule has 0 saturated carbocycles. The number of methoxy groups -OCH3 is 1. The summed E-state index contributed by atoms with van der Waals surface area (Å²) in [6.45, 7) is 0. The second-order valence-corrected chi connectivity index (χ2v) is 2.42. The van der Waals surface area contributed by atoms with Crippen molar-refractivity contribution in [2.24, 2.45) is 0 Å². The monoisotopic (exact) mass is 178 g/mol. The van der Waals surface area contributed by atoms with Gasteiger partial charge in [0.25, 0.3) is 0 Å². The summed E-state index contributed by atoms with van der Waals surface area (Å²) >= 11 is 0. The van der Waals surface area contributed by atoms with Gasteiger partial charge in [-0.1, -0.05) is 30.3 Å². The number of carbonyl (C=O) groups is 1. The van der Waals surface area contributed by atoms with E-state index in [1.165, 1.54) is 7.11 Å². The highest BCUT2D eigenvalue weighted by Gasteiger charge is 2.01. The lowest BCUT2D eigenvalue weighted by molar-refractivity contribution is -0.131. The Morgan fingerprint density at radius 1 is 1.38 bits per heavy atom. The number of rotatable bonds is 3. The van der Waals surface area contributed by atoms with Crippen LogP contribution in [0.25, 0.3) is 5.76 Å². The van der Waals surface area contributed by atoms with E-state index in [0.717, 1.165) is 11.6 Å². The second-order valence-electron chi connectivity index (χ2n) is 2.42. The Morgan fingerprint density at radius 2 is 2.00 bits per heavy atom. The molecule has 1 aromatic rings. The maximum atomic E-state index is 10.4. The van der Waals surface area contributed by atoms with E-state index in [2.05, 4.69) is 0 Å². The smallest absolute Gasteiger partial charge is 0.332 e. The van der Waals surface area contributed by atoms with Gasteiger partial charge in [-0.25, -0.2) is 4.79 Å². The zero-order valence-electron chi connectivity index (χ0n) is 7.23. The van der Waals surface area contributed by atoms with Gasteiger partial charge < -0.3 is 9.84 Å². The zero-order valence-corrected chi connectivity index (χ0v) is 7.23. The molecule has 1 N–H and O–H groups in total. The third-order valence-electron chi connectivity index (χ3n) is 1.53. The Bertz CT molecular complexity index is 314. The molecule has 3 nitrogen and oxygen atoms in total. The first-order chi connectivity index (χ1) is 6.24. The lowest BCUT2D eigenvalue weighted by atomic mass is 10.2. The molecular weight excluding hydrogens is 168 g/mol.